The predicted octanol–water partition coefficient (Wildman–Crippen LogP) is -2.82. The van der Waals surface area contributed by atoms with Crippen molar-refractivity contribution in [2.24, 2.45) is 34.2 Å². The summed E-state index contributed by atoms with van der Waals surface area (Å²) in [5.41, 5.74) is 10.9. The van der Waals surface area contributed by atoms with Crippen molar-refractivity contribution in [1.29, 1.82) is 0 Å². The summed E-state index contributed by atoms with van der Waals surface area (Å²) in [7, 11) is 0. The van der Waals surface area contributed by atoms with E-state index in [0.29, 0.717) is 0 Å². The largest absolute Gasteiger partial charge is 0.481 e. The summed E-state index contributed by atoms with van der Waals surface area (Å²) < 4.78 is 0. The summed E-state index contributed by atoms with van der Waals surface area (Å²) in [5.74, 6) is -2.84. The summed E-state index contributed by atoms with van der Waals surface area (Å²) in [6.45, 7) is 5.39. The van der Waals surface area contributed by atoms with Gasteiger partial charge in [0.25, 0.3) is 0 Å². The highest BCUT2D eigenvalue weighted by Crippen LogP contribution is 2.39. The first-order valence-electron chi connectivity index (χ1n) is 7.99. The van der Waals surface area contributed by atoms with Gasteiger partial charge in [0.15, 0.2) is 5.96 Å². The van der Waals surface area contributed by atoms with E-state index in [-0.39, 0.29) is 46.7 Å². The Morgan fingerprint density at radius 1 is 1.19 bits per heavy atom. The third-order valence-electron chi connectivity index (χ3n) is 4.72. The number of nitrogens with two attached hydrogens (primary N) is 2. The van der Waals surface area contributed by atoms with Crippen LogP contribution in [0.5, 0.6) is 0 Å². The van der Waals surface area contributed by atoms with Gasteiger partial charge in [-0.15, -0.1) is 0 Å². The molecule has 1 rings (SSSR count). The Balaban J connectivity index is -0.00000176. The molecule has 0 aromatic rings. The van der Waals surface area contributed by atoms with Crippen LogP contribution in [0.4, 0.5) is 0 Å². The highest BCUT2D eigenvalue weighted by Gasteiger charge is 2.50. The molecule has 1 unspecified atom stereocenters. The molecule has 0 bridgehead atoms. The minimum atomic E-state index is -1.11. The first-order chi connectivity index (χ1) is 10.7. The molecule has 0 radical (unpaired) electrons. The number of nitrogens with one attached hydrogen (secondary N) is 1. The van der Waals surface area contributed by atoms with Crippen molar-refractivity contribution >= 4 is 17.8 Å². The molecule has 0 saturated heterocycles. The molecule has 0 aromatic heterocycles. The van der Waals surface area contributed by atoms with Crippen molar-refractivity contribution < 1.29 is 36.2 Å². The van der Waals surface area contributed by atoms with E-state index in [1.165, 1.54) is 6.92 Å². The number of hydrogen-bond donors (Lipinski definition) is 5. The highest BCUT2D eigenvalue weighted by atomic mass is 16.4. The Morgan fingerprint density at radius 3 is 2.04 bits per heavy atom. The fourth-order valence-electron chi connectivity index (χ4n) is 3.64. The second-order valence-electron chi connectivity index (χ2n) is 6.17. The molecular weight excluding hydrogens is 348 g/mol. The Hall–Kier alpha value is -1.95. The molecule has 11 nitrogen and oxygen atoms in total. The first kappa shape index (κ1) is 28.8. The van der Waals surface area contributed by atoms with Gasteiger partial charge in [0.2, 0.25) is 5.91 Å². The molecule has 11 heteroatoms. The van der Waals surface area contributed by atoms with Gasteiger partial charge in [-0.2, -0.15) is 0 Å². The second-order valence-corrected chi connectivity index (χ2v) is 6.17. The lowest BCUT2D eigenvalue weighted by Gasteiger charge is -2.35. The topological polar surface area (TPSA) is 246 Å². The van der Waals surface area contributed by atoms with Crippen molar-refractivity contribution in [2.45, 2.75) is 58.2 Å². The standard InChI is InChI=1S/C15H28N4O4.3H2O/c1-4-8(5-2)12(18-7(3)20)11-10(19-15(16)17)6-9(13(11)21)14(22)23;;;/h8-13,21H,4-6H2,1-3H3,(H,18,20)(H,22,23)(H4,16,17,19);3*1H2/t9-,10+,11+,12?,13+;;;/m0.../s1. The first-order valence-corrected chi connectivity index (χ1v) is 7.99. The molecule has 0 aromatic carbocycles. The fraction of sp³-hybridized carbons (Fsp3) is 0.800. The van der Waals surface area contributed by atoms with Crippen LogP contribution in [-0.2, 0) is 9.59 Å². The van der Waals surface area contributed by atoms with Gasteiger partial charge in [0.05, 0.1) is 18.1 Å². The summed E-state index contributed by atoms with van der Waals surface area (Å²) in [6, 6.07) is -0.913. The molecule has 0 spiro atoms. The van der Waals surface area contributed by atoms with Crippen LogP contribution in [-0.4, -0.2) is 62.7 Å². The van der Waals surface area contributed by atoms with Crippen LogP contribution in [0.2, 0.25) is 0 Å². The van der Waals surface area contributed by atoms with Gasteiger partial charge >= 0.3 is 5.97 Å². The number of carboxylic acid groups (broad SMARTS) is 1. The minimum Gasteiger partial charge on any atom is -0.481 e. The van der Waals surface area contributed by atoms with Crippen LogP contribution in [0.25, 0.3) is 0 Å². The fourth-order valence-corrected chi connectivity index (χ4v) is 3.64. The lowest BCUT2D eigenvalue weighted by Crippen LogP contribution is -2.51. The molecule has 0 aliphatic heterocycles. The number of rotatable bonds is 7. The Labute approximate surface area is 152 Å². The lowest BCUT2D eigenvalue weighted by molar-refractivity contribution is -0.145. The third-order valence-corrected chi connectivity index (χ3v) is 4.72. The zero-order chi connectivity index (χ0) is 17.7. The van der Waals surface area contributed by atoms with Gasteiger partial charge in [-0.3, -0.25) is 9.59 Å². The maximum absolute atomic E-state index is 11.6. The number of carbonyl (C=O) groups is 2. The molecule has 13 N–H and O–H groups in total. The van der Waals surface area contributed by atoms with Gasteiger partial charge in [0, 0.05) is 18.9 Å². The Morgan fingerprint density at radius 2 is 1.69 bits per heavy atom. The molecule has 26 heavy (non-hydrogen) atoms. The van der Waals surface area contributed by atoms with E-state index in [1.54, 1.807) is 0 Å². The summed E-state index contributed by atoms with van der Waals surface area (Å²) in [4.78, 5) is 27.1. The van der Waals surface area contributed by atoms with Crippen LogP contribution in [0.15, 0.2) is 4.99 Å². The SMILES string of the molecule is CCC(CC)C(NC(C)=O)[C@@H]1[C@H](O)[C@@H](C(=O)O)C[C@H]1N=C(N)N.O.O.O. The quantitative estimate of drug-likeness (QED) is 0.229. The molecular formula is C15H34N4O7. The molecule has 156 valence electrons. The monoisotopic (exact) mass is 382 g/mol. The molecule has 1 amide bonds. The maximum Gasteiger partial charge on any atom is 0.309 e. The second kappa shape index (κ2) is 12.4. The highest BCUT2D eigenvalue weighted by molar-refractivity contribution is 5.76. The van der Waals surface area contributed by atoms with E-state index in [9.17, 15) is 19.8 Å². The van der Waals surface area contributed by atoms with E-state index in [0.717, 1.165) is 12.8 Å². The van der Waals surface area contributed by atoms with Crippen LogP contribution in [0.3, 0.4) is 0 Å². The number of hydrogen-bond acceptors (Lipinski definition) is 4. The van der Waals surface area contributed by atoms with E-state index >= 15 is 0 Å². The van der Waals surface area contributed by atoms with Crippen molar-refractivity contribution in [2.75, 3.05) is 0 Å². The lowest BCUT2D eigenvalue weighted by atomic mass is 9.80. The van der Waals surface area contributed by atoms with Crippen LogP contribution >= 0.6 is 0 Å². The number of aliphatic imine (C=N–C) groups is 1. The Kier molecular flexibility index (Phi) is 13.8. The van der Waals surface area contributed by atoms with Crippen molar-refractivity contribution in [1.82, 2.24) is 5.32 Å². The van der Waals surface area contributed by atoms with Crippen molar-refractivity contribution in [3.8, 4) is 0 Å². The number of carbonyl (C=O) groups excluding carboxylic acids is 1. The number of nitrogens with zero attached hydrogens (tertiary/aromatic N) is 1. The van der Waals surface area contributed by atoms with Gasteiger partial charge in [0.1, 0.15) is 0 Å². The number of amides is 1. The average Bonchev–Trinajstić information content (AvgIpc) is 2.74. The zero-order valence-electron chi connectivity index (χ0n) is 15.4. The number of aliphatic carboxylic acids is 1. The summed E-state index contributed by atoms with van der Waals surface area (Å²) in [5, 5.41) is 22.7. The smallest absolute Gasteiger partial charge is 0.309 e. The average molecular weight is 382 g/mol. The maximum atomic E-state index is 11.6. The molecule has 1 aliphatic rings. The third kappa shape index (κ3) is 6.75. The van der Waals surface area contributed by atoms with Crippen LogP contribution in [0.1, 0.15) is 40.0 Å². The van der Waals surface area contributed by atoms with Gasteiger partial charge in [-0.1, -0.05) is 26.7 Å². The van der Waals surface area contributed by atoms with Crippen LogP contribution < -0.4 is 16.8 Å². The summed E-state index contributed by atoms with van der Waals surface area (Å²) >= 11 is 0. The number of guanidine groups is 1. The molecule has 1 aliphatic carbocycles. The van der Waals surface area contributed by atoms with Crippen molar-refractivity contribution in [3.63, 3.8) is 0 Å². The van der Waals surface area contributed by atoms with Crippen LogP contribution in [0, 0.1) is 17.8 Å². The van der Waals surface area contributed by atoms with Gasteiger partial charge < -0.3 is 43.4 Å². The normalized spacial score (nSPS) is 25.1. The van der Waals surface area contributed by atoms with E-state index in [2.05, 4.69) is 10.3 Å². The molecule has 0 heterocycles. The van der Waals surface area contributed by atoms with E-state index < -0.39 is 30.0 Å². The van der Waals surface area contributed by atoms with Gasteiger partial charge in [-0.05, 0) is 12.3 Å². The van der Waals surface area contributed by atoms with E-state index in [1.807, 2.05) is 13.8 Å². The molecule has 5 atom stereocenters. The van der Waals surface area contributed by atoms with Gasteiger partial charge in [-0.25, -0.2) is 4.99 Å². The number of aliphatic hydroxyl groups excluding tert-OH is 1. The van der Waals surface area contributed by atoms with Crippen molar-refractivity contribution in [3.05, 3.63) is 0 Å². The molecule has 1 fully saturated rings. The molecule has 1 saturated carbocycles. The zero-order valence-corrected chi connectivity index (χ0v) is 15.4. The number of carboxylic acids is 1. The summed E-state index contributed by atoms with van der Waals surface area (Å²) in [6.07, 6.45) is 0.612. The predicted molar refractivity (Wildman–Crippen MR) is 97.4 cm³/mol. The number of aliphatic hydroxyl groups is 1. The minimum absolute atomic E-state index is 0. The Bertz CT molecular complexity index is 467. The van der Waals surface area contributed by atoms with E-state index in [4.69, 9.17) is 11.5 Å².